The van der Waals surface area contributed by atoms with Gasteiger partial charge in [-0.3, -0.25) is 4.79 Å². The quantitative estimate of drug-likeness (QED) is 0.833. The number of nitrogens with two attached hydrogens (primary N) is 1. The second-order valence-corrected chi connectivity index (χ2v) is 4.98. The minimum Gasteiger partial charge on any atom is -0.349 e. The summed E-state index contributed by atoms with van der Waals surface area (Å²) >= 11 is 5.89. The summed E-state index contributed by atoms with van der Waals surface area (Å²) < 4.78 is 0. The van der Waals surface area contributed by atoms with Crippen LogP contribution in [0.5, 0.6) is 0 Å². The third-order valence-corrected chi connectivity index (χ3v) is 3.64. The van der Waals surface area contributed by atoms with Crippen LogP contribution in [-0.2, 0) is 11.2 Å². The van der Waals surface area contributed by atoms with Gasteiger partial charge in [0.2, 0.25) is 5.91 Å². The number of carbonyl (C=O) groups excluding carboxylic acids is 1. The van der Waals surface area contributed by atoms with E-state index in [4.69, 9.17) is 17.3 Å². The van der Waals surface area contributed by atoms with E-state index in [1.54, 1.807) is 6.07 Å². The number of benzene rings is 1. The van der Waals surface area contributed by atoms with Crippen molar-refractivity contribution in [2.24, 2.45) is 5.73 Å². The van der Waals surface area contributed by atoms with Crippen molar-refractivity contribution in [3.05, 3.63) is 34.9 Å². The van der Waals surface area contributed by atoms with Crippen molar-refractivity contribution in [2.75, 3.05) is 6.54 Å². The molecule has 0 saturated carbocycles. The molecule has 1 aromatic carbocycles. The molecule has 0 atom stereocenters. The third-order valence-electron chi connectivity index (χ3n) is 3.40. The Kier molecular flexibility index (Phi) is 5.63. The minimum atomic E-state index is -0.282. The molecule has 3 nitrogen and oxygen atoms in total. The van der Waals surface area contributed by atoms with Crippen LogP contribution in [0.15, 0.2) is 24.3 Å². The number of carbonyl (C=O) groups is 1. The lowest BCUT2D eigenvalue weighted by Gasteiger charge is -2.31. The topological polar surface area (TPSA) is 55.1 Å². The van der Waals surface area contributed by atoms with Gasteiger partial charge >= 0.3 is 0 Å². The van der Waals surface area contributed by atoms with Gasteiger partial charge < -0.3 is 11.1 Å². The second-order valence-electron chi connectivity index (χ2n) is 4.55. The molecule has 0 aromatic heterocycles. The number of halogens is 1. The van der Waals surface area contributed by atoms with Crippen LogP contribution in [0.1, 0.15) is 32.3 Å². The number of rotatable bonds is 6. The summed E-state index contributed by atoms with van der Waals surface area (Å²) in [5, 5.41) is 3.69. The van der Waals surface area contributed by atoms with Crippen LogP contribution in [0.25, 0.3) is 0 Å². The van der Waals surface area contributed by atoms with Gasteiger partial charge in [-0.1, -0.05) is 37.6 Å². The fraction of sp³-hybridized carbons (Fsp3) is 0.500. The molecule has 3 N–H and O–H groups in total. The average Bonchev–Trinajstić information content (AvgIpc) is 2.36. The summed E-state index contributed by atoms with van der Waals surface area (Å²) in [5.74, 6) is -0.00795. The molecular formula is C14H21ClN2O. The Morgan fingerprint density at radius 2 is 2.06 bits per heavy atom. The zero-order valence-corrected chi connectivity index (χ0v) is 11.8. The van der Waals surface area contributed by atoms with Gasteiger partial charge in [-0.05, 0) is 30.5 Å². The molecule has 1 amide bonds. The van der Waals surface area contributed by atoms with E-state index in [1.807, 2.05) is 32.0 Å². The zero-order valence-electron chi connectivity index (χ0n) is 11.0. The first-order chi connectivity index (χ1) is 8.55. The summed E-state index contributed by atoms with van der Waals surface area (Å²) in [4.78, 5) is 12.0. The van der Waals surface area contributed by atoms with Gasteiger partial charge in [0.15, 0.2) is 0 Å². The molecule has 1 rings (SSSR count). The molecule has 0 aliphatic heterocycles. The first-order valence-electron chi connectivity index (χ1n) is 6.30. The van der Waals surface area contributed by atoms with Crippen molar-refractivity contribution in [3.8, 4) is 0 Å². The van der Waals surface area contributed by atoms with Gasteiger partial charge in [-0.2, -0.15) is 0 Å². The molecule has 0 saturated heterocycles. The van der Waals surface area contributed by atoms with Crippen molar-refractivity contribution >= 4 is 17.5 Å². The molecule has 1 aromatic rings. The van der Waals surface area contributed by atoms with Crippen LogP contribution < -0.4 is 11.1 Å². The van der Waals surface area contributed by atoms with E-state index in [1.165, 1.54) is 0 Å². The monoisotopic (exact) mass is 268 g/mol. The van der Waals surface area contributed by atoms with E-state index < -0.39 is 0 Å². The molecular weight excluding hydrogens is 248 g/mol. The molecule has 0 heterocycles. The second kappa shape index (κ2) is 6.76. The minimum absolute atomic E-state index is 0.00795. The Balaban J connectivity index is 2.66. The fourth-order valence-electron chi connectivity index (χ4n) is 1.94. The number of hydrogen-bond donors (Lipinski definition) is 2. The molecule has 0 unspecified atom stereocenters. The highest BCUT2D eigenvalue weighted by molar-refractivity contribution is 6.30. The lowest BCUT2D eigenvalue weighted by molar-refractivity contribution is -0.122. The number of hydrogen-bond acceptors (Lipinski definition) is 2. The van der Waals surface area contributed by atoms with Gasteiger partial charge in [0.25, 0.3) is 0 Å². The Hall–Kier alpha value is -1.06. The Morgan fingerprint density at radius 3 is 2.56 bits per heavy atom. The highest BCUT2D eigenvalue weighted by Gasteiger charge is 2.26. The van der Waals surface area contributed by atoms with Crippen LogP contribution in [0.3, 0.4) is 0 Å². The van der Waals surface area contributed by atoms with Crippen molar-refractivity contribution in [2.45, 2.75) is 38.6 Å². The molecule has 100 valence electrons. The highest BCUT2D eigenvalue weighted by atomic mass is 35.5. The number of amides is 1. The lowest BCUT2D eigenvalue weighted by Crippen LogP contribution is -2.53. The summed E-state index contributed by atoms with van der Waals surface area (Å²) in [5.41, 5.74) is 6.39. The predicted molar refractivity (Wildman–Crippen MR) is 75.7 cm³/mol. The van der Waals surface area contributed by atoms with E-state index in [0.29, 0.717) is 18.0 Å². The van der Waals surface area contributed by atoms with Crippen LogP contribution in [0.4, 0.5) is 0 Å². The maximum Gasteiger partial charge on any atom is 0.224 e. The smallest absolute Gasteiger partial charge is 0.224 e. The highest BCUT2D eigenvalue weighted by Crippen LogP contribution is 2.15. The molecule has 4 heteroatoms. The normalized spacial score (nSPS) is 11.3. The fourth-order valence-corrected chi connectivity index (χ4v) is 2.15. The molecule has 0 spiro atoms. The van der Waals surface area contributed by atoms with E-state index in [-0.39, 0.29) is 11.4 Å². The van der Waals surface area contributed by atoms with Gasteiger partial charge in [-0.25, -0.2) is 0 Å². The molecule has 0 aliphatic rings. The average molecular weight is 269 g/mol. The van der Waals surface area contributed by atoms with E-state index >= 15 is 0 Å². The maximum absolute atomic E-state index is 12.0. The van der Waals surface area contributed by atoms with Crippen LogP contribution in [-0.4, -0.2) is 18.0 Å². The van der Waals surface area contributed by atoms with Crippen molar-refractivity contribution in [3.63, 3.8) is 0 Å². The SMILES string of the molecule is CCC(CC)(CN)NC(=O)Cc1cccc(Cl)c1. The Labute approximate surface area is 114 Å². The van der Waals surface area contributed by atoms with Crippen molar-refractivity contribution in [1.82, 2.24) is 5.32 Å². The predicted octanol–water partition coefficient (Wildman–Crippen LogP) is 2.52. The van der Waals surface area contributed by atoms with Gasteiger partial charge in [0, 0.05) is 11.6 Å². The molecule has 0 fully saturated rings. The first-order valence-corrected chi connectivity index (χ1v) is 6.68. The van der Waals surface area contributed by atoms with E-state index in [9.17, 15) is 4.79 Å². The van der Waals surface area contributed by atoms with Crippen molar-refractivity contribution in [1.29, 1.82) is 0 Å². The molecule has 0 bridgehead atoms. The Bertz CT molecular complexity index is 394. The van der Waals surface area contributed by atoms with Gasteiger partial charge in [0.1, 0.15) is 0 Å². The van der Waals surface area contributed by atoms with Crippen LogP contribution in [0.2, 0.25) is 5.02 Å². The van der Waals surface area contributed by atoms with E-state index in [0.717, 1.165) is 18.4 Å². The maximum atomic E-state index is 12.0. The van der Waals surface area contributed by atoms with Crippen molar-refractivity contribution < 1.29 is 4.79 Å². The van der Waals surface area contributed by atoms with E-state index in [2.05, 4.69) is 5.32 Å². The third kappa shape index (κ3) is 4.00. The summed E-state index contributed by atoms with van der Waals surface area (Å²) in [6, 6.07) is 7.35. The summed E-state index contributed by atoms with van der Waals surface area (Å²) in [6.07, 6.45) is 2.00. The molecule has 0 radical (unpaired) electrons. The Morgan fingerprint density at radius 1 is 1.39 bits per heavy atom. The largest absolute Gasteiger partial charge is 0.349 e. The van der Waals surface area contributed by atoms with Gasteiger partial charge in [0.05, 0.1) is 12.0 Å². The summed E-state index contributed by atoms with van der Waals surface area (Å²) in [7, 11) is 0. The van der Waals surface area contributed by atoms with Gasteiger partial charge in [-0.15, -0.1) is 0 Å². The molecule has 18 heavy (non-hydrogen) atoms. The standard InChI is InChI=1S/C14H21ClN2O/c1-3-14(4-2,10-16)17-13(18)9-11-6-5-7-12(15)8-11/h5-8H,3-4,9-10,16H2,1-2H3,(H,17,18). The van der Waals surface area contributed by atoms with Crippen LogP contribution in [0, 0.1) is 0 Å². The lowest BCUT2D eigenvalue weighted by atomic mass is 9.92. The zero-order chi connectivity index (χ0) is 13.6. The first kappa shape index (κ1) is 15.0. The number of nitrogens with one attached hydrogen (secondary N) is 1. The molecule has 0 aliphatic carbocycles. The van der Waals surface area contributed by atoms with Crippen LogP contribution >= 0.6 is 11.6 Å². The summed E-state index contributed by atoms with van der Waals surface area (Å²) in [6.45, 7) is 4.54.